The van der Waals surface area contributed by atoms with E-state index in [0.29, 0.717) is 24.5 Å². The molecular weight excluding hydrogens is 254 g/mol. The number of H-pyrrole nitrogens is 1. The predicted molar refractivity (Wildman–Crippen MR) is 77.8 cm³/mol. The summed E-state index contributed by atoms with van der Waals surface area (Å²) in [5.41, 5.74) is 7.20. The van der Waals surface area contributed by atoms with Gasteiger partial charge in [0.05, 0.1) is 0 Å². The summed E-state index contributed by atoms with van der Waals surface area (Å²) in [6.45, 7) is 2.80. The Kier molecular flexibility index (Phi) is 4.90. The summed E-state index contributed by atoms with van der Waals surface area (Å²) in [6.07, 6.45) is 1.54. The average molecular weight is 273 g/mol. The quantitative estimate of drug-likeness (QED) is 0.834. The Hall–Kier alpha value is -2.14. The second-order valence-corrected chi connectivity index (χ2v) is 4.51. The van der Waals surface area contributed by atoms with Crippen molar-refractivity contribution in [2.24, 2.45) is 5.73 Å². The molecule has 1 aromatic carbocycles. The van der Waals surface area contributed by atoms with Crippen LogP contribution in [-0.2, 0) is 19.4 Å². The third kappa shape index (κ3) is 3.93. The number of rotatable bonds is 6. The number of aromatic amines is 1. The third-order valence-electron chi connectivity index (χ3n) is 2.93. The molecule has 106 valence electrons. The van der Waals surface area contributed by atoms with Crippen molar-refractivity contribution in [1.29, 1.82) is 0 Å². The highest BCUT2D eigenvalue weighted by Crippen LogP contribution is 2.14. The number of nitrogens with zero attached hydrogens (tertiary/aromatic N) is 1. The first-order chi connectivity index (χ1) is 9.71. The van der Waals surface area contributed by atoms with Crippen molar-refractivity contribution in [1.82, 2.24) is 9.97 Å². The van der Waals surface area contributed by atoms with E-state index in [-0.39, 0.29) is 12.2 Å². The Morgan fingerprint density at radius 2 is 2.20 bits per heavy atom. The highest BCUT2D eigenvalue weighted by atomic mass is 16.5. The molecular formula is C15H19N3O2. The lowest BCUT2D eigenvalue weighted by atomic mass is 10.2. The van der Waals surface area contributed by atoms with E-state index in [1.165, 1.54) is 11.6 Å². The van der Waals surface area contributed by atoms with Crippen molar-refractivity contribution >= 4 is 0 Å². The molecule has 0 bridgehead atoms. The van der Waals surface area contributed by atoms with Gasteiger partial charge in [0, 0.05) is 18.2 Å². The van der Waals surface area contributed by atoms with E-state index in [9.17, 15) is 4.79 Å². The molecule has 5 nitrogen and oxygen atoms in total. The van der Waals surface area contributed by atoms with Crippen LogP contribution in [0, 0.1) is 0 Å². The molecule has 0 fully saturated rings. The summed E-state index contributed by atoms with van der Waals surface area (Å²) in [4.78, 5) is 18.5. The summed E-state index contributed by atoms with van der Waals surface area (Å²) < 4.78 is 5.66. The maximum Gasteiger partial charge on any atom is 0.251 e. The van der Waals surface area contributed by atoms with Crippen LogP contribution in [0.2, 0.25) is 0 Å². The number of nitrogens with one attached hydrogen (secondary N) is 1. The normalized spacial score (nSPS) is 10.5. The number of benzene rings is 1. The number of aryl methyl sites for hydroxylation is 1. The van der Waals surface area contributed by atoms with Gasteiger partial charge >= 0.3 is 0 Å². The molecule has 2 rings (SSSR count). The predicted octanol–water partition coefficient (Wildman–Crippen LogP) is 1.41. The van der Waals surface area contributed by atoms with Crippen LogP contribution in [0.4, 0.5) is 0 Å². The Balaban J connectivity index is 2.08. The van der Waals surface area contributed by atoms with Crippen LogP contribution in [0.25, 0.3) is 0 Å². The monoisotopic (exact) mass is 273 g/mol. The van der Waals surface area contributed by atoms with Gasteiger partial charge in [0.25, 0.3) is 5.56 Å². The zero-order valence-corrected chi connectivity index (χ0v) is 11.6. The highest BCUT2D eigenvalue weighted by Gasteiger charge is 2.03. The van der Waals surface area contributed by atoms with Crippen LogP contribution in [0.5, 0.6) is 5.75 Å². The number of nitrogens with two attached hydrogens (primary N) is 1. The first kappa shape index (κ1) is 14.3. The minimum absolute atomic E-state index is 0.177. The molecule has 5 heteroatoms. The molecule has 0 aliphatic carbocycles. The zero-order chi connectivity index (χ0) is 14.4. The van der Waals surface area contributed by atoms with Gasteiger partial charge in [-0.25, -0.2) is 4.98 Å². The van der Waals surface area contributed by atoms with Gasteiger partial charge in [-0.15, -0.1) is 0 Å². The van der Waals surface area contributed by atoms with Crippen molar-refractivity contribution in [3.63, 3.8) is 0 Å². The molecule has 1 heterocycles. The SMILES string of the molecule is CCc1cccc(OCc2nc(CCN)cc(=O)[nH]2)c1. The molecule has 0 atom stereocenters. The van der Waals surface area contributed by atoms with Gasteiger partial charge < -0.3 is 15.5 Å². The van der Waals surface area contributed by atoms with Crippen LogP contribution >= 0.6 is 0 Å². The first-order valence-electron chi connectivity index (χ1n) is 6.72. The number of ether oxygens (including phenoxy) is 1. The molecule has 2 aromatic rings. The highest BCUT2D eigenvalue weighted by molar-refractivity contribution is 5.28. The lowest BCUT2D eigenvalue weighted by Crippen LogP contribution is -2.16. The van der Waals surface area contributed by atoms with Crippen molar-refractivity contribution in [3.8, 4) is 5.75 Å². The van der Waals surface area contributed by atoms with E-state index < -0.39 is 0 Å². The van der Waals surface area contributed by atoms with E-state index in [1.807, 2.05) is 18.2 Å². The van der Waals surface area contributed by atoms with Crippen molar-refractivity contribution in [2.75, 3.05) is 6.54 Å². The van der Waals surface area contributed by atoms with E-state index in [0.717, 1.165) is 12.2 Å². The molecule has 0 saturated carbocycles. The topological polar surface area (TPSA) is 81.0 Å². The Morgan fingerprint density at radius 3 is 2.95 bits per heavy atom. The second-order valence-electron chi connectivity index (χ2n) is 4.51. The van der Waals surface area contributed by atoms with Crippen molar-refractivity contribution < 1.29 is 4.74 Å². The van der Waals surface area contributed by atoms with Crippen molar-refractivity contribution in [3.05, 3.63) is 57.8 Å². The summed E-state index contributed by atoms with van der Waals surface area (Å²) in [7, 11) is 0. The van der Waals surface area contributed by atoms with E-state index in [4.69, 9.17) is 10.5 Å². The van der Waals surface area contributed by atoms with E-state index >= 15 is 0 Å². The second kappa shape index (κ2) is 6.86. The van der Waals surface area contributed by atoms with Crippen LogP contribution in [0.1, 0.15) is 24.0 Å². The van der Waals surface area contributed by atoms with Gasteiger partial charge in [-0.1, -0.05) is 19.1 Å². The van der Waals surface area contributed by atoms with E-state index in [2.05, 4.69) is 23.0 Å². The molecule has 0 aliphatic rings. The Labute approximate surface area is 117 Å². The van der Waals surface area contributed by atoms with Gasteiger partial charge in [0.1, 0.15) is 18.2 Å². The van der Waals surface area contributed by atoms with Crippen LogP contribution in [0.15, 0.2) is 35.1 Å². The fraction of sp³-hybridized carbons (Fsp3) is 0.333. The van der Waals surface area contributed by atoms with E-state index in [1.54, 1.807) is 0 Å². The maximum atomic E-state index is 11.5. The molecule has 0 radical (unpaired) electrons. The average Bonchev–Trinajstić information content (AvgIpc) is 2.45. The largest absolute Gasteiger partial charge is 0.486 e. The van der Waals surface area contributed by atoms with Gasteiger partial charge in [0.15, 0.2) is 0 Å². The van der Waals surface area contributed by atoms with Crippen LogP contribution in [0.3, 0.4) is 0 Å². The fourth-order valence-corrected chi connectivity index (χ4v) is 1.91. The molecule has 0 amide bonds. The summed E-state index contributed by atoms with van der Waals surface area (Å²) >= 11 is 0. The third-order valence-corrected chi connectivity index (χ3v) is 2.93. The van der Waals surface area contributed by atoms with Gasteiger partial charge in [-0.3, -0.25) is 4.79 Å². The molecule has 0 saturated heterocycles. The van der Waals surface area contributed by atoms with Gasteiger partial charge in [-0.2, -0.15) is 0 Å². The minimum Gasteiger partial charge on any atom is -0.486 e. The van der Waals surface area contributed by atoms with Gasteiger partial charge in [-0.05, 0) is 30.7 Å². The number of hydrogen-bond donors (Lipinski definition) is 2. The van der Waals surface area contributed by atoms with Crippen LogP contribution < -0.4 is 16.0 Å². The zero-order valence-electron chi connectivity index (χ0n) is 11.6. The molecule has 0 aliphatic heterocycles. The van der Waals surface area contributed by atoms with Crippen molar-refractivity contribution in [2.45, 2.75) is 26.4 Å². The lowest BCUT2D eigenvalue weighted by molar-refractivity contribution is 0.294. The Bertz CT molecular complexity index is 623. The number of hydrogen-bond acceptors (Lipinski definition) is 4. The Morgan fingerprint density at radius 1 is 1.35 bits per heavy atom. The summed E-state index contributed by atoms with van der Waals surface area (Å²) in [5.74, 6) is 1.29. The molecule has 0 unspecified atom stereocenters. The van der Waals surface area contributed by atoms with Gasteiger partial charge in [0.2, 0.25) is 0 Å². The lowest BCUT2D eigenvalue weighted by Gasteiger charge is -2.08. The molecule has 3 N–H and O–H groups in total. The number of aromatic nitrogens is 2. The smallest absolute Gasteiger partial charge is 0.251 e. The molecule has 20 heavy (non-hydrogen) atoms. The summed E-state index contributed by atoms with van der Waals surface area (Å²) in [6, 6.07) is 9.35. The molecule has 1 aromatic heterocycles. The molecule has 0 spiro atoms. The van der Waals surface area contributed by atoms with Crippen LogP contribution in [-0.4, -0.2) is 16.5 Å². The summed E-state index contributed by atoms with van der Waals surface area (Å²) in [5, 5.41) is 0. The fourth-order valence-electron chi connectivity index (χ4n) is 1.91. The minimum atomic E-state index is -0.177. The standard InChI is InChI=1S/C15H19N3O2/c1-2-11-4-3-5-13(8-11)20-10-14-17-12(6-7-16)9-15(19)18-14/h3-5,8-9H,2,6-7,10,16H2,1H3,(H,17,18,19). The maximum absolute atomic E-state index is 11.5. The first-order valence-corrected chi connectivity index (χ1v) is 6.72.